The van der Waals surface area contributed by atoms with E-state index >= 15 is 0 Å². The molecular weight excluding hydrogens is 270 g/mol. The standard InChI is InChI=1S/C11H13N3O4S/c15-14(16)7-1-3-8(4-2-7)19(17,18)13-11-9-5-12-6-10(9)11/h1-4,9-13H,5-6H2/t9-,10+,11?. The molecule has 2 fully saturated rings. The van der Waals surface area contributed by atoms with E-state index in [1.165, 1.54) is 24.3 Å². The van der Waals surface area contributed by atoms with Crippen molar-refractivity contribution in [2.45, 2.75) is 10.9 Å². The van der Waals surface area contributed by atoms with E-state index in [-0.39, 0.29) is 16.6 Å². The van der Waals surface area contributed by atoms with Crippen molar-refractivity contribution in [3.05, 3.63) is 34.4 Å². The first-order chi connectivity index (χ1) is 8.99. The maximum absolute atomic E-state index is 12.1. The van der Waals surface area contributed by atoms with Crippen LogP contribution in [-0.4, -0.2) is 32.5 Å². The van der Waals surface area contributed by atoms with Crippen LogP contribution >= 0.6 is 0 Å². The Kier molecular flexibility index (Phi) is 2.80. The van der Waals surface area contributed by atoms with Crippen molar-refractivity contribution in [3.63, 3.8) is 0 Å². The number of rotatable bonds is 4. The van der Waals surface area contributed by atoms with Gasteiger partial charge in [0.15, 0.2) is 0 Å². The smallest absolute Gasteiger partial charge is 0.269 e. The van der Waals surface area contributed by atoms with Crippen LogP contribution < -0.4 is 10.0 Å². The number of non-ortho nitro benzene ring substituents is 1. The molecule has 1 aromatic carbocycles. The van der Waals surface area contributed by atoms with E-state index in [4.69, 9.17) is 0 Å². The normalized spacial score (nSPS) is 28.9. The van der Waals surface area contributed by atoms with E-state index < -0.39 is 14.9 Å². The van der Waals surface area contributed by atoms with Gasteiger partial charge in [0.05, 0.1) is 9.82 Å². The Hall–Kier alpha value is -1.51. The second kappa shape index (κ2) is 4.26. The van der Waals surface area contributed by atoms with Gasteiger partial charge in [-0.2, -0.15) is 0 Å². The largest absolute Gasteiger partial charge is 0.316 e. The van der Waals surface area contributed by atoms with Crippen LogP contribution in [0.2, 0.25) is 0 Å². The molecule has 0 spiro atoms. The first-order valence-electron chi connectivity index (χ1n) is 5.96. The van der Waals surface area contributed by atoms with Crippen LogP contribution in [-0.2, 0) is 10.0 Å². The molecule has 1 heterocycles. The summed E-state index contributed by atoms with van der Waals surface area (Å²) in [7, 11) is -3.58. The van der Waals surface area contributed by atoms with Crippen LogP contribution in [0.25, 0.3) is 0 Å². The van der Waals surface area contributed by atoms with Gasteiger partial charge in [-0.1, -0.05) is 0 Å². The van der Waals surface area contributed by atoms with Crippen molar-refractivity contribution in [2.75, 3.05) is 13.1 Å². The van der Waals surface area contributed by atoms with Gasteiger partial charge >= 0.3 is 0 Å². The summed E-state index contributed by atoms with van der Waals surface area (Å²) in [5, 5.41) is 13.7. The van der Waals surface area contributed by atoms with E-state index in [1.54, 1.807) is 0 Å². The monoisotopic (exact) mass is 283 g/mol. The highest BCUT2D eigenvalue weighted by molar-refractivity contribution is 7.89. The molecule has 8 heteroatoms. The number of fused-ring (bicyclic) bond motifs is 1. The molecule has 7 nitrogen and oxygen atoms in total. The topological polar surface area (TPSA) is 101 Å². The van der Waals surface area contributed by atoms with Crippen molar-refractivity contribution in [2.24, 2.45) is 11.8 Å². The fourth-order valence-electron chi connectivity index (χ4n) is 2.59. The fraction of sp³-hybridized carbons (Fsp3) is 0.455. The van der Waals surface area contributed by atoms with Crippen LogP contribution in [0.1, 0.15) is 0 Å². The Bertz CT molecular complexity index is 603. The number of nitrogens with zero attached hydrogens (tertiary/aromatic N) is 1. The molecule has 1 saturated carbocycles. The highest BCUT2D eigenvalue weighted by atomic mass is 32.2. The molecule has 19 heavy (non-hydrogen) atoms. The second-order valence-electron chi connectivity index (χ2n) is 4.88. The second-order valence-corrected chi connectivity index (χ2v) is 6.60. The average Bonchev–Trinajstić information content (AvgIpc) is 2.82. The molecule has 2 N–H and O–H groups in total. The highest BCUT2D eigenvalue weighted by Crippen LogP contribution is 2.42. The van der Waals surface area contributed by atoms with Crippen molar-refractivity contribution in [1.82, 2.24) is 10.0 Å². The zero-order valence-corrected chi connectivity index (χ0v) is 10.8. The zero-order chi connectivity index (χ0) is 13.6. The maximum atomic E-state index is 12.1. The van der Waals surface area contributed by atoms with Crippen molar-refractivity contribution >= 4 is 15.7 Å². The highest BCUT2D eigenvalue weighted by Gasteiger charge is 2.54. The van der Waals surface area contributed by atoms with Crippen LogP contribution in [0, 0.1) is 22.0 Å². The number of benzene rings is 1. The van der Waals surface area contributed by atoms with Gasteiger partial charge in [0.25, 0.3) is 5.69 Å². The quantitative estimate of drug-likeness (QED) is 0.602. The summed E-state index contributed by atoms with van der Waals surface area (Å²) in [5.74, 6) is 0.764. The predicted molar refractivity (Wildman–Crippen MR) is 67.1 cm³/mol. The summed E-state index contributed by atoms with van der Waals surface area (Å²) in [6.45, 7) is 1.69. The van der Waals surface area contributed by atoms with Gasteiger partial charge in [-0.25, -0.2) is 13.1 Å². The van der Waals surface area contributed by atoms with Gasteiger partial charge in [0.1, 0.15) is 0 Å². The molecule has 1 saturated heterocycles. The number of hydrogen-bond acceptors (Lipinski definition) is 5. The SMILES string of the molecule is O=[N+]([O-])c1ccc(S(=O)(=O)NC2[C@H]3CNC[C@@H]23)cc1. The minimum atomic E-state index is -3.58. The fourth-order valence-corrected chi connectivity index (χ4v) is 3.93. The van der Waals surface area contributed by atoms with Gasteiger partial charge in [0.2, 0.25) is 10.0 Å². The number of piperidine rings is 1. The third-order valence-electron chi connectivity index (χ3n) is 3.74. The first-order valence-corrected chi connectivity index (χ1v) is 7.45. The van der Waals surface area contributed by atoms with Gasteiger partial charge in [-0.3, -0.25) is 10.1 Å². The van der Waals surface area contributed by atoms with Gasteiger partial charge < -0.3 is 5.32 Å². The number of nitro groups is 1. The Morgan fingerprint density at radius 1 is 1.21 bits per heavy atom. The molecule has 0 radical (unpaired) electrons. The minimum Gasteiger partial charge on any atom is -0.316 e. The molecule has 1 aromatic rings. The lowest BCUT2D eigenvalue weighted by molar-refractivity contribution is -0.384. The predicted octanol–water partition coefficient (Wildman–Crippen LogP) is 0.0909. The number of nitro benzene ring substituents is 1. The van der Waals surface area contributed by atoms with Gasteiger partial charge in [-0.15, -0.1) is 0 Å². The van der Waals surface area contributed by atoms with Crippen molar-refractivity contribution in [1.29, 1.82) is 0 Å². The van der Waals surface area contributed by atoms with E-state index in [9.17, 15) is 18.5 Å². The molecule has 102 valence electrons. The summed E-state index contributed by atoms with van der Waals surface area (Å²) in [5.41, 5.74) is -0.119. The Balaban J connectivity index is 1.75. The molecule has 3 rings (SSSR count). The summed E-state index contributed by atoms with van der Waals surface area (Å²) in [6, 6.07) is 4.92. The first kappa shape index (κ1) is 12.5. The van der Waals surface area contributed by atoms with Crippen LogP contribution in [0.3, 0.4) is 0 Å². The van der Waals surface area contributed by atoms with Crippen molar-refractivity contribution in [3.8, 4) is 0 Å². The molecule has 1 unspecified atom stereocenters. The number of nitrogens with one attached hydrogen (secondary N) is 2. The van der Waals surface area contributed by atoms with Gasteiger partial charge in [-0.05, 0) is 37.1 Å². The third-order valence-corrected chi connectivity index (χ3v) is 5.22. The molecular formula is C11H13N3O4S. The summed E-state index contributed by atoms with van der Waals surface area (Å²) in [6.07, 6.45) is 0. The van der Waals surface area contributed by atoms with Crippen molar-refractivity contribution < 1.29 is 13.3 Å². The van der Waals surface area contributed by atoms with Crippen LogP contribution in [0.5, 0.6) is 0 Å². The zero-order valence-electron chi connectivity index (χ0n) is 9.94. The molecule has 0 bridgehead atoms. The van der Waals surface area contributed by atoms with E-state index in [2.05, 4.69) is 10.0 Å². The lowest BCUT2D eigenvalue weighted by atomic mass is 10.3. The van der Waals surface area contributed by atoms with E-state index in [0.29, 0.717) is 11.8 Å². The maximum Gasteiger partial charge on any atom is 0.269 e. The number of sulfonamides is 1. The molecule has 0 amide bonds. The van der Waals surface area contributed by atoms with Gasteiger partial charge in [0, 0.05) is 18.2 Å². The Morgan fingerprint density at radius 3 is 2.32 bits per heavy atom. The molecule has 1 aliphatic carbocycles. The van der Waals surface area contributed by atoms with Crippen LogP contribution in [0.15, 0.2) is 29.2 Å². The van der Waals surface area contributed by atoms with Crippen LogP contribution in [0.4, 0.5) is 5.69 Å². The molecule has 3 atom stereocenters. The Labute approximate surface area is 110 Å². The van der Waals surface area contributed by atoms with E-state index in [1.807, 2.05) is 0 Å². The van der Waals surface area contributed by atoms with E-state index in [0.717, 1.165) is 13.1 Å². The molecule has 0 aromatic heterocycles. The lowest BCUT2D eigenvalue weighted by Gasteiger charge is -2.08. The minimum absolute atomic E-state index is 0.00134. The lowest BCUT2D eigenvalue weighted by Crippen LogP contribution is -2.32. The molecule has 1 aliphatic heterocycles. The third kappa shape index (κ3) is 2.22. The summed E-state index contributed by atoms with van der Waals surface area (Å²) in [4.78, 5) is 10.0. The average molecular weight is 283 g/mol. The summed E-state index contributed by atoms with van der Waals surface area (Å²) < 4.78 is 26.8. The Morgan fingerprint density at radius 2 is 1.79 bits per heavy atom. The number of hydrogen-bond donors (Lipinski definition) is 2. The summed E-state index contributed by atoms with van der Waals surface area (Å²) >= 11 is 0. The molecule has 2 aliphatic rings.